The normalized spacial score (nSPS) is 11.2. The molecule has 1 aromatic heterocycles. The molecule has 0 bridgehead atoms. The van der Waals surface area contributed by atoms with Crippen LogP contribution in [-0.2, 0) is 6.54 Å². The first-order valence-corrected chi connectivity index (χ1v) is 7.06. The topological polar surface area (TPSA) is 82.6 Å². The van der Waals surface area contributed by atoms with E-state index < -0.39 is 0 Å². The average Bonchev–Trinajstić information content (AvgIpc) is 2.94. The van der Waals surface area contributed by atoms with Crippen LogP contribution < -0.4 is 0 Å². The zero-order valence-electron chi connectivity index (χ0n) is 12.2. The van der Waals surface area contributed by atoms with Crippen molar-refractivity contribution in [3.63, 3.8) is 0 Å². The van der Waals surface area contributed by atoms with Crippen LogP contribution in [0.4, 0.5) is 0 Å². The number of hydrogen-bond acceptors (Lipinski definition) is 6. The highest BCUT2D eigenvalue weighted by molar-refractivity contribution is 5.54. The van der Waals surface area contributed by atoms with Crippen LogP contribution in [0, 0.1) is 6.92 Å². The Bertz CT molecular complexity index is 539. The van der Waals surface area contributed by atoms with Gasteiger partial charge in [0.2, 0.25) is 11.7 Å². The Morgan fingerprint density at radius 1 is 1.10 bits per heavy atom. The maximum absolute atomic E-state index is 9.05. The average molecular weight is 291 g/mol. The van der Waals surface area contributed by atoms with Crippen LogP contribution in [0.3, 0.4) is 0 Å². The SMILES string of the molecule is Cc1ccc(-c2noc(CN(CCO)CCCO)n2)cc1. The van der Waals surface area contributed by atoms with E-state index in [0.29, 0.717) is 37.8 Å². The molecule has 6 heteroatoms. The second kappa shape index (κ2) is 7.87. The number of rotatable bonds is 8. The quantitative estimate of drug-likeness (QED) is 0.761. The zero-order chi connectivity index (χ0) is 15.1. The number of benzene rings is 1. The summed E-state index contributed by atoms with van der Waals surface area (Å²) in [5.41, 5.74) is 2.10. The molecule has 0 aliphatic carbocycles. The summed E-state index contributed by atoms with van der Waals surface area (Å²) in [7, 11) is 0. The third kappa shape index (κ3) is 4.63. The molecular weight excluding hydrogens is 270 g/mol. The van der Waals surface area contributed by atoms with E-state index in [1.807, 2.05) is 36.1 Å². The Hall–Kier alpha value is -1.76. The number of aryl methyl sites for hydroxylation is 1. The Labute approximate surface area is 124 Å². The molecule has 114 valence electrons. The fraction of sp³-hybridized carbons (Fsp3) is 0.467. The van der Waals surface area contributed by atoms with Gasteiger partial charge in [-0.15, -0.1) is 0 Å². The van der Waals surface area contributed by atoms with Crippen molar-refractivity contribution < 1.29 is 14.7 Å². The van der Waals surface area contributed by atoms with Crippen molar-refractivity contribution in [1.82, 2.24) is 15.0 Å². The first kappa shape index (κ1) is 15.6. The lowest BCUT2D eigenvalue weighted by Crippen LogP contribution is -2.28. The molecule has 1 heterocycles. The summed E-state index contributed by atoms with van der Waals surface area (Å²) in [6, 6.07) is 7.93. The molecule has 0 unspecified atom stereocenters. The molecule has 2 rings (SSSR count). The Morgan fingerprint density at radius 3 is 2.52 bits per heavy atom. The van der Waals surface area contributed by atoms with Gasteiger partial charge in [0.15, 0.2) is 0 Å². The van der Waals surface area contributed by atoms with E-state index >= 15 is 0 Å². The van der Waals surface area contributed by atoms with Crippen LogP contribution >= 0.6 is 0 Å². The van der Waals surface area contributed by atoms with Crippen molar-refractivity contribution in [3.8, 4) is 11.4 Å². The second-order valence-electron chi connectivity index (χ2n) is 4.95. The smallest absolute Gasteiger partial charge is 0.241 e. The van der Waals surface area contributed by atoms with Gasteiger partial charge in [0.1, 0.15) is 0 Å². The lowest BCUT2D eigenvalue weighted by Gasteiger charge is -2.18. The van der Waals surface area contributed by atoms with Gasteiger partial charge in [-0.2, -0.15) is 4.98 Å². The highest BCUT2D eigenvalue weighted by Gasteiger charge is 2.12. The Kier molecular flexibility index (Phi) is 5.86. The molecule has 2 aromatic rings. The molecule has 0 spiro atoms. The van der Waals surface area contributed by atoms with Gasteiger partial charge in [0.25, 0.3) is 0 Å². The number of aromatic nitrogens is 2. The van der Waals surface area contributed by atoms with Crippen molar-refractivity contribution in [2.75, 3.05) is 26.3 Å². The molecule has 0 fully saturated rings. The predicted octanol–water partition coefficient (Wildman–Crippen LogP) is 1.22. The molecule has 1 aromatic carbocycles. The van der Waals surface area contributed by atoms with Crippen LogP contribution in [0.25, 0.3) is 11.4 Å². The van der Waals surface area contributed by atoms with E-state index in [1.165, 1.54) is 5.56 Å². The summed E-state index contributed by atoms with van der Waals surface area (Å²) in [6.45, 7) is 3.88. The summed E-state index contributed by atoms with van der Waals surface area (Å²) in [4.78, 5) is 6.35. The van der Waals surface area contributed by atoms with Gasteiger partial charge in [0.05, 0.1) is 13.2 Å². The summed E-state index contributed by atoms with van der Waals surface area (Å²) in [5.74, 6) is 1.08. The lowest BCUT2D eigenvalue weighted by molar-refractivity contribution is 0.160. The minimum atomic E-state index is 0.0599. The molecule has 0 saturated heterocycles. The van der Waals surface area contributed by atoms with Gasteiger partial charge in [0, 0.05) is 25.3 Å². The van der Waals surface area contributed by atoms with Gasteiger partial charge in [-0.3, -0.25) is 4.90 Å². The molecule has 0 radical (unpaired) electrons. The van der Waals surface area contributed by atoms with Gasteiger partial charge < -0.3 is 14.7 Å². The molecule has 0 aliphatic rings. The van der Waals surface area contributed by atoms with Crippen LogP contribution in [0.1, 0.15) is 17.9 Å². The summed E-state index contributed by atoms with van der Waals surface area (Å²) >= 11 is 0. The molecular formula is C15H21N3O3. The van der Waals surface area contributed by atoms with E-state index in [4.69, 9.17) is 14.7 Å². The molecule has 21 heavy (non-hydrogen) atoms. The van der Waals surface area contributed by atoms with E-state index in [-0.39, 0.29) is 13.2 Å². The van der Waals surface area contributed by atoms with Crippen LogP contribution in [0.5, 0.6) is 0 Å². The van der Waals surface area contributed by atoms with Crippen molar-refractivity contribution in [3.05, 3.63) is 35.7 Å². The standard InChI is InChI=1S/C15H21N3O3/c1-12-3-5-13(6-4-12)15-16-14(21-17-15)11-18(8-10-20)7-2-9-19/h3-6,19-20H,2,7-11H2,1H3. The maximum Gasteiger partial charge on any atom is 0.241 e. The Balaban J connectivity index is 2.02. The van der Waals surface area contributed by atoms with Gasteiger partial charge >= 0.3 is 0 Å². The molecule has 6 nitrogen and oxygen atoms in total. The largest absolute Gasteiger partial charge is 0.396 e. The fourth-order valence-electron chi connectivity index (χ4n) is 2.04. The number of nitrogens with zero attached hydrogens (tertiary/aromatic N) is 3. The molecule has 2 N–H and O–H groups in total. The Morgan fingerprint density at radius 2 is 1.86 bits per heavy atom. The van der Waals surface area contributed by atoms with Crippen molar-refractivity contribution in [2.24, 2.45) is 0 Å². The van der Waals surface area contributed by atoms with E-state index in [0.717, 1.165) is 5.56 Å². The highest BCUT2D eigenvalue weighted by Crippen LogP contribution is 2.16. The van der Waals surface area contributed by atoms with E-state index in [9.17, 15) is 0 Å². The van der Waals surface area contributed by atoms with Crippen LogP contribution in [0.2, 0.25) is 0 Å². The summed E-state index contributed by atoms with van der Waals surface area (Å²) in [6.07, 6.45) is 0.652. The van der Waals surface area contributed by atoms with Gasteiger partial charge in [-0.25, -0.2) is 0 Å². The fourth-order valence-corrected chi connectivity index (χ4v) is 2.04. The first-order valence-electron chi connectivity index (χ1n) is 7.06. The lowest BCUT2D eigenvalue weighted by atomic mass is 10.1. The van der Waals surface area contributed by atoms with Crippen molar-refractivity contribution >= 4 is 0 Å². The number of aliphatic hydroxyl groups is 2. The first-order chi connectivity index (χ1) is 10.2. The molecule has 0 amide bonds. The van der Waals surface area contributed by atoms with E-state index in [2.05, 4.69) is 10.1 Å². The summed E-state index contributed by atoms with van der Waals surface area (Å²) < 4.78 is 5.26. The molecule has 0 atom stereocenters. The monoisotopic (exact) mass is 291 g/mol. The summed E-state index contributed by atoms with van der Waals surface area (Å²) in [5, 5.41) is 21.9. The van der Waals surface area contributed by atoms with Crippen LogP contribution in [-0.4, -0.2) is 51.6 Å². The minimum absolute atomic E-state index is 0.0599. The minimum Gasteiger partial charge on any atom is -0.396 e. The van der Waals surface area contributed by atoms with Gasteiger partial charge in [-0.05, 0) is 13.3 Å². The third-order valence-electron chi connectivity index (χ3n) is 3.19. The van der Waals surface area contributed by atoms with Gasteiger partial charge in [-0.1, -0.05) is 35.0 Å². The zero-order valence-corrected chi connectivity index (χ0v) is 12.2. The third-order valence-corrected chi connectivity index (χ3v) is 3.19. The van der Waals surface area contributed by atoms with Crippen molar-refractivity contribution in [2.45, 2.75) is 19.9 Å². The van der Waals surface area contributed by atoms with Crippen molar-refractivity contribution in [1.29, 1.82) is 0 Å². The highest BCUT2D eigenvalue weighted by atomic mass is 16.5. The predicted molar refractivity (Wildman–Crippen MR) is 78.5 cm³/mol. The molecule has 0 aliphatic heterocycles. The maximum atomic E-state index is 9.05. The van der Waals surface area contributed by atoms with E-state index in [1.54, 1.807) is 0 Å². The molecule has 0 saturated carbocycles. The second-order valence-corrected chi connectivity index (χ2v) is 4.95. The number of aliphatic hydroxyl groups excluding tert-OH is 2. The number of hydrogen-bond donors (Lipinski definition) is 2. The van der Waals surface area contributed by atoms with Crippen LogP contribution in [0.15, 0.2) is 28.8 Å².